The van der Waals surface area contributed by atoms with Gasteiger partial charge in [-0.05, 0) is 42.5 Å². The number of amides is 4. The first-order valence-corrected chi connectivity index (χ1v) is 8.67. The number of nitrogens with zero attached hydrogens (tertiary/aromatic N) is 1. The molecule has 0 unspecified atom stereocenters. The Morgan fingerprint density at radius 1 is 1.04 bits per heavy atom. The molecule has 1 fully saturated rings. The molecule has 1 aliphatic rings. The van der Waals surface area contributed by atoms with Gasteiger partial charge in [-0.3, -0.25) is 19.8 Å². The van der Waals surface area contributed by atoms with Crippen molar-refractivity contribution in [1.29, 1.82) is 0 Å². The van der Waals surface area contributed by atoms with Crippen LogP contribution < -0.4 is 5.32 Å². The average Bonchev–Trinajstić information content (AvgIpc) is 3.34. The fourth-order valence-corrected chi connectivity index (χ4v) is 3.00. The van der Waals surface area contributed by atoms with Gasteiger partial charge in [0.25, 0.3) is 11.8 Å². The quantitative estimate of drug-likeness (QED) is 0.534. The SMILES string of the molecule is O=C1NC(=O)N(Cc2ccco2)C(=O)/C1=C/c1ccc(-c2ccccc2Cl)o1. The van der Waals surface area contributed by atoms with Crippen molar-refractivity contribution in [2.45, 2.75) is 6.54 Å². The zero-order valence-corrected chi connectivity index (χ0v) is 15.1. The predicted molar refractivity (Wildman–Crippen MR) is 99.9 cm³/mol. The first kappa shape index (κ1) is 17.8. The number of hydrogen-bond acceptors (Lipinski definition) is 5. The normalized spacial score (nSPS) is 16.0. The number of hydrogen-bond donors (Lipinski definition) is 1. The lowest BCUT2D eigenvalue weighted by molar-refractivity contribution is -0.130. The predicted octanol–water partition coefficient (Wildman–Crippen LogP) is 3.86. The summed E-state index contributed by atoms with van der Waals surface area (Å²) >= 11 is 6.16. The van der Waals surface area contributed by atoms with Crippen molar-refractivity contribution in [2.75, 3.05) is 0 Å². The Hall–Kier alpha value is -3.58. The highest BCUT2D eigenvalue weighted by atomic mass is 35.5. The lowest BCUT2D eigenvalue weighted by Gasteiger charge is -2.25. The Morgan fingerprint density at radius 2 is 1.86 bits per heavy atom. The molecule has 28 heavy (non-hydrogen) atoms. The van der Waals surface area contributed by atoms with E-state index in [9.17, 15) is 14.4 Å². The number of benzene rings is 1. The van der Waals surface area contributed by atoms with Gasteiger partial charge in [0.1, 0.15) is 22.9 Å². The molecule has 0 bridgehead atoms. The first-order valence-electron chi connectivity index (χ1n) is 8.29. The molecule has 1 aliphatic heterocycles. The number of rotatable bonds is 4. The van der Waals surface area contributed by atoms with Gasteiger partial charge < -0.3 is 8.83 Å². The van der Waals surface area contributed by atoms with Crippen LogP contribution >= 0.6 is 11.6 Å². The molecule has 0 atom stereocenters. The smallest absolute Gasteiger partial charge is 0.331 e. The molecule has 140 valence electrons. The van der Waals surface area contributed by atoms with Crippen LogP contribution in [0.1, 0.15) is 11.5 Å². The zero-order chi connectivity index (χ0) is 19.7. The van der Waals surface area contributed by atoms with Gasteiger partial charge in [0.2, 0.25) is 0 Å². The number of carbonyl (C=O) groups excluding carboxylic acids is 3. The van der Waals surface area contributed by atoms with E-state index in [1.807, 2.05) is 6.07 Å². The van der Waals surface area contributed by atoms with Crippen LogP contribution in [0, 0.1) is 0 Å². The summed E-state index contributed by atoms with van der Waals surface area (Å²) in [6.45, 7) is -0.0919. The van der Waals surface area contributed by atoms with Crippen LogP contribution in [0.5, 0.6) is 0 Å². The van der Waals surface area contributed by atoms with Gasteiger partial charge in [0.15, 0.2) is 0 Å². The molecule has 1 N–H and O–H groups in total. The van der Waals surface area contributed by atoms with E-state index in [2.05, 4.69) is 5.32 Å². The molecule has 4 amide bonds. The standard InChI is InChI=1S/C20H13ClN2O5/c21-16-6-2-1-5-14(16)17-8-7-12(28-17)10-15-18(24)22-20(26)23(19(15)25)11-13-4-3-9-27-13/h1-10H,11H2,(H,22,24,26)/b15-10+. The number of furan rings is 2. The van der Waals surface area contributed by atoms with Crippen LogP contribution in [0.15, 0.2) is 69.2 Å². The van der Waals surface area contributed by atoms with Crippen LogP contribution in [0.25, 0.3) is 17.4 Å². The number of urea groups is 1. The second-order valence-corrected chi connectivity index (χ2v) is 6.38. The molecule has 8 heteroatoms. The molecular weight excluding hydrogens is 384 g/mol. The Balaban J connectivity index is 1.63. The highest BCUT2D eigenvalue weighted by Gasteiger charge is 2.36. The fraction of sp³-hybridized carbons (Fsp3) is 0.0500. The highest BCUT2D eigenvalue weighted by Crippen LogP contribution is 2.30. The second kappa shape index (κ2) is 7.21. The number of nitrogens with one attached hydrogen (secondary N) is 1. The van der Waals surface area contributed by atoms with Gasteiger partial charge in [-0.25, -0.2) is 4.79 Å². The van der Waals surface area contributed by atoms with Gasteiger partial charge >= 0.3 is 6.03 Å². The fourth-order valence-electron chi connectivity index (χ4n) is 2.77. The van der Waals surface area contributed by atoms with Crippen LogP contribution in [0.3, 0.4) is 0 Å². The summed E-state index contributed by atoms with van der Waals surface area (Å²) in [5.41, 5.74) is 0.467. The topological polar surface area (TPSA) is 92.8 Å². The number of carbonyl (C=O) groups is 3. The maximum Gasteiger partial charge on any atom is 0.331 e. The van der Waals surface area contributed by atoms with Crippen LogP contribution in [-0.2, 0) is 16.1 Å². The summed E-state index contributed by atoms with van der Waals surface area (Å²) in [6, 6.07) is 12.9. The van der Waals surface area contributed by atoms with E-state index in [0.29, 0.717) is 22.1 Å². The molecular formula is C20H13ClN2O5. The molecule has 0 spiro atoms. The maximum absolute atomic E-state index is 12.7. The van der Waals surface area contributed by atoms with Crippen LogP contribution in [-0.4, -0.2) is 22.7 Å². The Labute approximate surface area is 164 Å². The van der Waals surface area contributed by atoms with E-state index >= 15 is 0 Å². The number of imide groups is 2. The Kier molecular flexibility index (Phi) is 4.58. The summed E-state index contributed by atoms with van der Waals surface area (Å²) in [7, 11) is 0. The molecule has 0 radical (unpaired) electrons. The summed E-state index contributed by atoms with van der Waals surface area (Å²) in [5.74, 6) is -0.344. The zero-order valence-electron chi connectivity index (χ0n) is 14.3. The maximum atomic E-state index is 12.7. The van der Waals surface area contributed by atoms with E-state index in [-0.39, 0.29) is 17.9 Å². The lowest BCUT2D eigenvalue weighted by Crippen LogP contribution is -2.53. The molecule has 0 aliphatic carbocycles. The van der Waals surface area contributed by atoms with E-state index in [1.54, 1.807) is 42.5 Å². The molecule has 1 aromatic carbocycles. The molecule has 0 saturated carbocycles. The summed E-state index contributed by atoms with van der Waals surface area (Å²) < 4.78 is 10.9. The minimum Gasteiger partial charge on any atom is -0.467 e. The molecule has 4 rings (SSSR count). The monoisotopic (exact) mass is 396 g/mol. The van der Waals surface area contributed by atoms with Crippen LogP contribution in [0.4, 0.5) is 4.79 Å². The molecule has 3 heterocycles. The molecule has 2 aromatic heterocycles. The van der Waals surface area contributed by atoms with Gasteiger partial charge in [-0.1, -0.05) is 23.7 Å². The van der Waals surface area contributed by atoms with E-state index < -0.39 is 17.8 Å². The van der Waals surface area contributed by atoms with Crippen molar-refractivity contribution >= 4 is 35.5 Å². The minimum absolute atomic E-state index is 0.0919. The Bertz CT molecular complexity index is 1100. The third kappa shape index (κ3) is 3.35. The summed E-state index contributed by atoms with van der Waals surface area (Å²) in [6.07, 6.45) is 2.72. The van der Waals surface area contributed by atoms with Crippen molar-refractivity contribution < 1.29 is 23.2 Å². The third-order valence-electron chi connectivity index (χ3n) is 4.13. The van der Waals surface area contributed by atoms with Gasteiger partial charge in [-0.2, -0.15) is 0 Å². The van der Waals surface area contributed by atoms with Gasteiger partial charge in [-0.15, -0.1) is 0 Å². The first-order chi connectivity index (χ1) is 13.5. The van der Waals surface area contributed by atoms with Crippen molar-refractivity contribution in [3.8, 4) is 11.3 Å². The van der Waals surface area contributed by atoms with Gasteiger partial charge in [0, 0.05) is 5.56 Å². The summed E-state index contributed by atoms with van der Waals surface area (Å²) in [4.78, 5) is 37.8. The minimum atomic E-state index is -0.806. The van der Waals surface area contributed by atoms with Crippen LogP contribution in [0.2, 0.25) is 5.02 Å². The second-order valence-electron chi connectivity index (χ2n) is 5.97. The Morgan fingerprint density at radius 3 is 2.61 bits per heavy atom. The lowest BCUT2D eigenvalue weighted by atomic mass is 10.1. The molecule has 1 saturated heterocycles. The molecule has 7 nitrogen and oxygen atoms in total. The van der Waals surface area contributed by atoms with Gasteiger partial charge in [0.05, 0.1) is 17.8 Å². The average molecular weight is 397 g/mol. The van der Waals surface area contributed by atoms with Crippen molar-refractivity contribution in [2.24, 2.45) is 0 Å². The van der Waals surface area contributed by atoms with E-state index in [0.717, 1.165) is 4.90 Å². The number of barbiturate groups is 1. The van der Waals surface area contributed by atoms with Crippen molar-refractivity contribution in [3.63, 3.8) is 0 Å². The highest BCUT2D eigenvalue weighted by molar-refractivity contribution is 6.33. The summed E-state index contributed by atoms with van der Waals surface area (Å²) in [5, 5.41) is 2.66. The number of halogens is 1. The largest absolute Gasteiger partial charge is 0.467 e. The van der Waals surface area contributed by atoms with E-state index in [4.69, 9.17) is 20.4 Å². The third-order valence-corrected chi connectivity index (χ3v) is 4.46. The van der Waals surface area contributed by atoms with Crippen molar-refractivity contribution in [1.82, 2.24) is 10.2 Å². The van der Waals surface area contributed by atoms with Crippen molar-refractivity contribution in [3.05, 3.63) is 76.9 Å². The van der Waals surface area contributed by atoms with E-state index in [1.165, 1.54) is 12.3 Å². The molecule has 3 aromatic rings.